The summed E-state index contributed by atoms with van der Waals surface area (Å²) in [4.78, 5) is 30.8. The molecule has 47 heavy (non-hydrogen) atoms. The highest BCUT2D eigenvalue weighted by Crippen LogP contribution is 2.29. The van der Waals surface area contributed by atoms with Gasteiger partial charge >= 0.3 is 6.03 Å². The molecule has 4 atom stereocenters. The summed E-state index contributed by atoms with van der Waals surface area (Å²) in [6, 6.07) is 12.2. The van der Waals surface area contributed by atoms with E-state index >= 15 is 0 Å². The molecule has 0 spiro atoms. The Balaban J connectivity index is 1.60. The first-order chi connectivity index (χ1) is 22.5. The Hall–Kier alpha value is -3.35. The van der Waals surface area contributed by atoms with Crippen LogP contribution in [0.4, 0.5) is 10.5 Å². The molecular weight excluding hydrogens is 620 g/mol. The van der Waals surface area contributed by atoms with Crippen LogP contribution in [0.3, 0.4) is 0 Å². The Morgan fingerprint density at radius 1 is 1.04 bits per heavy atom. The van der Waals surface area contributed by atoms with Gasteiger partial charge in [0.05, 0.1) is 35.3 Å². The van der Waals surface area contributed by atoms with Crippen molar-refractivity contribution in [3.05, 3.63) is 54.1 Å². The lowest BCUT2D eigenvalue weighted by atomic mass is 9.96. The fraction of sp³-hybridized carbons (Fsp3) is 0.600. The van der Waals surface area contributed by atoms with Gasteiger partial charge < -0.3 is 29.7 Å². The monoisotopic (exact) mass is 672 g/mol. The molecule has 0 radical (unpaired) electrons. The third-order valence-corrected chi connectivity index (χ3v) is 10.5. The summed E-state index contributed by atoms with van der Waals surface area (Å²) in [7, 11) is -2.14. The van der Waals surface area contributed by atoms with Gasteiger partial charge in [-0.2, -0.15) is 0 Å². The van der Waals surface area contributed by atoms with Gasteiger partial charge in [0.2, 0.25) is 0 Å². The van der Waals surface area contributed by atoms with Gasteiger partial charge in [-0.15, -0.1) is 0 Å². The topological polar surface area (TPSA) is 138 Å². The van der Waals surface area contributed by atoms with E-state index < -0.39 is 22.0 Å². The van der Waals surface area contributed by atoms with Crippen LogP contribution in [0.5, 0.6) is 5.75 Å². The van der Waals surface area contributed by atoms with Crippen molar-refractivity contribution in [3.8, 4) is 5.75 Å². The number of amides is 3. The second kappa shape index (κ2) is 17.2. The zero-order valence-electron chi connectivity index (χ0n) is 28.2. The zero-order valence-corrected chi connectivity index (χ0v) is 29.0. The predicted octanol–water partition coefficient (Wildman–Crippen LogP) is 5.26. The van der Waals surface area contributed by atoms with Crippen LogP contribution in [0.2, 0.25) is 0 Å². The number of urea groups is 1. The predicted molar refractivity (Wildman–Crippen MR) is 182 cm³/mol. The van der Waals surface area contributed by atoms with Crippen LogP contribution in [0.25, 0.3) is 0 Å². The molecule has 0 aromatic heterocycles. The van der Waals surface area contributed by atoms with Crippen molar-refractivity contribution in [3.63, 3.8) is 0 Å². The summed E-state index contributed by atoms with van der Waals surface area (Å²) in [6.45, 7) is 6.49. The molecule has 1 fully saturated rings. The maximum absolute atomic E-state index is 14.3. The van der Waals surface area contributed by atoms with Crippen molar-refractivity contribution in [2.24, 2.45) is 5.92 Å². The highest BCUT2D eigenvalue weighted by molar-refractivity contribution is 7.92. The van der Waals surface area contributed by atoms with Crippen molar-refractivity contribution in [1.82, 2.24) is 15.1 Å². The fourth-order valence-corrected chi connectivity index (χ4v) is 7.22. The lowest BCUT2D eigenvalue weighted by Gasteiger charge is -2.36. The first kappa shape index (κ1) is 36.5. The molecule has 3 N–H and O–H groups in total. The average Bonchev–Trinajstić information content (AvgIpc) is 3.06. The van der Waals surface area contributed by atoms with E-state index in [9.17, 15) is 23.1 Å². The van der Waals surface area contributed by atoms with Gasteiger partial charge in [0.1, 0.15) is 5.75 Å². The van der Waals surface area contributed by atoms with Crippen molar-refractivity contribution < 1.29 is 32.6 Å². The minimum Gasteiger partial charge on any atom is -0.490 e. The molecule has 1 saturated carbocycles. The number of rotatable bonds is 8. The number of hydrogen-bond donors (Lipinski definition) is 3. The largest absolute Gasteiger partial charge is 0.490 e. The molecule has 3 amide bonds. The molecular formula is C35H52N4O7S. The van der Waals surface area contributed by atoms with Gasteiger partial charge in [0.15, 0.2) is 0 Å². The van der Waals surface area contributed by atoms with Crippen LogP contribution >= 0.6 is 0 Å². The van der Waals surface area contributed by atoms with Crippen LogP contribution in [0.1, 0.15) is 82.5 Å². The zero-order chi connectivity index (χ0) is 34.0. The third-order valence-electron chi connectivity index (χ3n) is 9.09. The molecule has 4 rings (SSSR count). The molecule has 0 saturated heterocycles. The van der Waals surface area contributed by atoms with Crippen LogP contribution < -0.4 is 14.8 Å². The first-order valence-electron chi connectivity index (χ1n) is 16.9. The SMILES string of the molecule is C[C@H](CO)N1C[C@H](C)[C@H](CN(C)C(=O)NC2CCCCC2)OCCCC[C@H](C)Oc2ccc(NS(=O)(=O)c3ccccc3)cc2C1=O. The lowest BCUT2D eigenvalue weighted by Crippen LogP contribution is -2.50. The Kier molecular flexibility index (Phi) is 13.3. The van der Waals surface area contributed by atoms with E-state index in [-0.39, 0.29) is 59.5 Å². The summed E-state index contributed by atoms with van der Waals surface area (Å²) < 4.78 is 41.4. The van der Waals surface area contributed by atoms with Crippen LogP contribution in [-0.2, 0) is 14.8 Å². The maximum Gasteiger partial charge on any atom is 0.317 e. The molecule has 1 aliphatic carbocycles. The number of carbonyl (C=O) groups is 2. The fourth-order valence-electron chi connectivity index (χ4n) is 6.15. The highest BCUT2D eigenvalue weighted by atomic mass is 32.2. The number of aliphatic hydroxyl groups is 1. The van der Waals surface area contributed by atoms with Gasteiger partial charge in [0.25, 0.3) is 15.9 Å². The molecule has 260 valence electrons. The standard InChI is InChI=1S/C35H52N4O7S/c1-25-22-39(26(2)24-40)34(41)31-21-29(37-47(43,44)30-16-9-6-10-17-30)18-19-32(31)46-27(3)13-11-12-20-45-33(25)23-38(4)35(42)36-28-14-7-5-8-15-28/h6,9-10,16-19,21,25-28,33,37,40H,5,7-8,11-15,20,22-24H2,1-4H3,(H,36,42)/t25-,26+,27-,33-/m0/s1. The van der Waals surface area contributed by atoms with Gasteiger partial charge in [-0.05, 0) is 76.3 Å². The summed E-state index contributed by atoms with van der Waals surface area (Å²) >= 11 is 0. The smallest absolute Gasteiger partial charge is 0.317 e. The van der Waals surface area contributed by atoms with E-state index in [4.69, 9.17) is 9.47 Å². The maximum atomic E-state index is 14.3. The Bertz CT molecular complexity index is 1420. The summed E-state index contributed by atoms with van der Waals surface area (Å²) in [5.74, 6) is -0.263. The average molecular weight is 673 g/mol. The molecule has 0 unspecified atom stereocenters. The first-order valence-corrected chi connectivity index (χ1v) is 18.4. The number of benzene rings is 2. The number of carbonyl (C=O) groups excluding carboxylic acids is 2. The number of likely N-dealkylation sites (N-methyl/N-ethyl adjacent to an activating group) is 1. The van der Waals surface area contributed by atoms with Crippen LogP contribution in [0, 0.1) is 5.92 Å². The number of anilines is 1. The van der Waals surface area contributed by atoms with Gasteiger partial charge in [-0.3, -0.25) is 9.52 Å². The normalized spacial score (nSPS) is 22.7. The Labute approximate surface area is 280 Å². The molecule has 11 nitrogen and oxygen atoms in total. The summed E-state index contributed by atoms with van der Waals surface area (Å²) in [6.07, 6.45) is 7.22. The number of nitrogens with zero attached hydrogens (tertiary/aromatic N) is 2. The minimum atomic E-state index is -3.91. The van der Waals surface area contributed by atoms with E-state index in [1.165, 1.54) is 24.6 Å². The van der Waals surface area contributed by atoms with E-state index in [0.29, 0.717) is 18.9 Å². The molecule has 12 heteroatoms. The van der Waals surface area contributed by atoms with Gasteiger partial charge in [-0.1, -0.05) is 44.4 Å². The minimum absolute atomic E-state index is 0.101. The van der Waals surface area contributed by atoms with Crippen molar-refractivity contribution in [2.75, 3.05) is 38.1 Å². The molecule has 2 aromatic carbocycles. The number of fused-ring (bicyclic) bond motifs is 1. The Morgan fingerprint density at radius 2 is 1.74 bits per heavy atom. The van der Waals surface area contributed by atoms with E-state index in [1.54, 1.807) is 54.1 Å². The van der Waals surface area contributed by atoms with E-state index in [1.807, 2.05) is 13.8 Å². The number of nitrogens with one attached hydrogen (secondary N) is 2. The second-order valence-electron chi connectivity index (χ2n) is 13.1. The Morgan fingerprint density at radius 3 is 2.45 bits per heavy atom. The quantitative estimate of drug-likeness (QED) is 0.348. The second-order valence-corrected chi connectivity index (χ2v) is 14.8. The number of sulfonamides is 1. The third kappa shape index (κ3) is 10.3. The molecule has 2 aromatic rings. The number of aliphatic hydroxyl groups excluding tert-OH is 1. The lowest BCUT2D eigenvalue weighted by molar-refractivity contribution is -0.0123. The molecule has 1 aliphatic heterocycles. The van der Waals surface area contributed by atoms with Crippen molar-refractivity contribution in [2.45, 2.75) is 101 Å². The van der Waals surface area contributed by atoms with E-state index in [2.05, 4.69) is 10.0 Å². The molecule has 2 aliphatic rings. The number of ether oxygens (including phenoxy) is 2. The van der Waals surface area contributed by atoms with Crippen molar-refractivity contribution in [1.29, 1.82) is 0 Å². The van der Waals surface area contributed by atoms with Crippen LogP contribution in [-0.4, -0.2) is 92.9 Å². The van der Waals surface area contributed by atoms with E-state index in [0.717, 1.165) is 44.9 Å². The number of hydrogen-bond acceptors (Lipinski definition) is 7. The summed E-state index contributed by atoms with van der Waals surface area (Å²) in [5.41, 5.74) is 0.408. The van der Waals surface area contributed by atoms with Gasteiger partial charge in [0, 0.05) is 44.4 Å². The summed E-state index contributed by atoms with van der Waals surface area (Å²) in [5, 5.41) is 13.4. The highest BCUT2D eigenvalue weighted by Gasteiger charge is 2.31. The molecule has 0 bridgehead atoms. The van der Waals surface area contributed by atoms with Crippen LogP contribution in [0.15, 0.2) is 53.4 Å². The van der Waals surface area contributed by atoms with Gasteiger partial charge in [-0.25, -0.2) is 13.2 Å². The molecule has 1 heterocycles. The van der Waals surface area contributed by atoms with Crippen molar-refractivity contribution >= 4 is 27.6 Å².